The number of fused-ring (bicyclic) bond motifs is 3. The molecule has 2 aromatic heterocycles. The standard InChI is InChI=1S/C11H9N3O/c1-15-14-7-13-10-6-12-9-5-3-2-4-8(9)11(10)14/h2-7H,1H3. The molecule has 0 fully saturated rings. The second kappa shape index (κ2) is 2.95. The van der Waals surface area contributed by atoms with Crippen LogP contribution < -0.4 is 4.84 Å². The molecule has 4 nitrogen and oxygen atoms in total. The van der Waals surface area contributed by atoms with Crippen molar-refractivity contribution in [3.05, 3.63) is 36.8 Å². The van der Waals surface area contributed by atoms with Gasteiger partial charge in [0, 0.05) is 5.39 Å². The number of nitrogens with zero attached hydrogens (tertiary/aromatic N) is 3. The van der Waals surface area contributed by atoms with E-state index in [1.165, 1.54) is 0 Å². The molecule has 0 N–H and O–H groups in total. The van der Waals surface area contributed by atoms with Crippen molar-refractivity contribution in [1.82, 2.24) is 14.7 Å². The topological polar surface area (TPSA) is 39.9 Å². The van der Waals surface area contributed by atoms with Crippen LogP contribution in [0.5, 0.6) is 0 Å². The van der Waals surface area contributed by atoms with Crippen molar-refractivity contribution in [2.24, 2.45) is 0 Å². The average Bonchev–Trinajstić information content (AvgIpc) is 2.72. The molecule has 4 heteroatoms. The van der Waals surface area contributed by atoms with E-state index in [1.54, 1.807) is 24.4 Å². The molecule has 3 rings (SSSR count). The molecular weight excluding hydrogens is 190 g/mol. The SMILES string of the molecule is COn1cnc2cnc3ccccc3c21. The van der Waals surface area contributed by atoms with Crippen molar-refractivity contribution in [3.8, 4) is 0 Å². The molecule has 0 amide bonds. The lowest BCUT2D eigenvalue weighted by Gasteiger charge is -2.03. The van der Waals surface area contributed by atoms with Gasteiger partial charge >= 0.3 is 0 Å². The molecule has 2 heterocycles. The molecular formula is C11H9N3O. The van der Waals surface area contributed by atoms with Crippen molar-refractivity contribution in [2.75, 3.05) is 7.11 Å². The quantitative estimate of drug-likeness (QED) is 0.598. The molecule has 0 spiro atoms. The van der Waals surface area contributed by atoms with Gasteiger partial charge in [-0.3, -0.25) is 4.98 Å². The van der Waals surface area contributed by atoms with E-state index in [9.17, 15) is 0 Å². The minimum absolute atomic E-state index is 0.843. The molecule has 0 unspecified atom stereocenters. The highest BCUT2D eigenvalue weighted by molar-refractivity contribution is 6.01. The molecule has 0 atom stereocenters. The highest BCUT2D eigenvalue weighted by Gasteiger charge is 2.07. The van der Waals surface area contributed by atoms with Crippen molar-refractivity contribution >= 4 is 21.9 Å². The molecule has 74 valence electrons. The Hall–Kier alpha value is -2.10. The van der Waals surface area contributed by atoms with Gasteiger partial charge in [-0.25, -0.2) is 4.98 Å². The van der Waals surface area contributed by atoms with Gasteiger partial charge in [-0.1, -0.05) is 18.2 Å². The minimum atomic E-state index is 0.843. The Labute approximate surface area is 86.1 Å². The highest BCUT2D eigenvalue weighted by atomic mass is 16.6. The molecule has 0 radical (unpaired) electrons. The zero-order valence-corrected chi connectivity index (χ0v) is 8.21. The van der Waals surface area contributed by atoms with E-state index in [0.717, 1.165) is 21.9 Å². The third-order valence-corrected chi connectivity index (χ3v) is 2.45. The fraction of sp³-hybridized carbons (Fsp3) is 0.0909. The van der Waals surface area contributed by atoms with Crippen LogP contribution in [0.25, 0.3) is 21.9 Å². The van der Waals surface area contributed by atoms with Crippen LogP contribution in [0.15, 0.2) is 36.8 Å². The van der Waals surface area contributed by atoms with Gasteiger partial charge in [0.05, 0.1) is 11.7 Å². The highest BCUT2D eigenvalue weighted by Crippen LogP contribution is 2.21. The van der Waals surface area contributed by atoms with Crippen LogP contribution in [0.3, 0.4) is 0 Å². The summed E-state index contributed by atoms with van der Waals surface area (Å²) in [5.74, 6) is 0. The maximum Gasteiger partial charge on any atom is 0.133 e. The Balaban J connectivity index is 2.56. The fourth-order valence-corrected chi connectivity index (χ4v) is 1.75. The van der Waals surface area contributed by atoms with Gasteiger partial charge < -0.3 is 4.84 Å². The first kappa shape index (κ1) is 8.23. The predicted octanol–water partition coefficient (Wildman–Crippen LogP) is 1.64. The van der Waals surface area contributed by atoms with Gasteiger partial charge in [0.15, 0.2) is 0 Å². The summed E-state index contributed by atoms with van der Waals surface area (Å²) in [6.07, 6.45) is 3.41. The largest absolute Gasteiger partial charge is 0.416 e. The van der Waals surface area contributed by atoms with Crippen molar-refractivity contribution in [3.63, 3.8) is 0 Å². The number of para-hydroxylation sites is 1. The molecule has 0 aliphatic rings. The number of hydrogen-bond donors (Lipinski definition) is 0. The molecule has 0 saturated carbocycles. The van der Waals surface area contributed by atoms with Gasteiger partial charge in [-0.15, -0.1) is 0 Å². The summed E-state index contributed by atoms with van der Waals surface area (Å²) in [4.78, 5) is 13.7. The number of hydrogen-bond acceptors (Lipinski definition) is 3. The Kier molecular flexibility index (Phi) is 1.62. The molecule has 0 bridgehead atoms. The second-order valence-electron chi connectivity index (χ2n) is 3.26. The molecule has 0 saturated heterocycles. The fourth-order valence-electron chi connectivity index (χ4n) is 1.75. The van der Waals surface area contributed by atoms with E-state index in [-0.39, 0.29) is 0 Å². The summed E-state index contributed by atoms with van der Waals surface area (Å²) in [5, 5.41) is 1.05. The Morgan fingerprint density at radius 2 is 2.00 bits per heavy atom. The van der Waals surface area contributed by atoms with Crippen molar-refractivity contribution in [1.29, 1.82) is 0 Å². The van der Waals surface area contributed by atoms with Crippen molar-refractivity contribution < 1.29 is 4.84 Å². The minimum Gasteiger partial charge on any atom is -0.416 e. The second-order valence-corrected chi connectivity index (χ2v) is 3.26. The molecule has 1 aromatic carbocycles. The first-order chi connectivity index (χ1) is 7.40. The monoisotopic (exact) mass is 199 g/mol. The van der Waals surface area contributed by atoms with Gasteiger partial charge in [0.1, 0.15) is 24.5 Å². The van der Waals surface area contributed by atoms with Gasteiger partial charge in [-0.2, -0.15) is 4.73 Å². The van der Waals surface area contributed by atoms with Crippen LogP contribution in [0.4, 0.5) is 0 Å². The smallest absolute Gasteiger partial charge is 0.133 e. The molecule has 15 heavy (non-hydrogen) atoms. The normalized spacial score (nSPS) is 11.0. The van der Waals surface area contributed by atoms with E-state index in [0.29, 0.717) is 0 Å². The average molecular weight is 199 g/mol. The Morgan fingerprint density at radius 3 is 2.87 bits per heavy atom. The third kappa shape index (κ3) is 1.08. The lowest BCUT2D eigenvalue weighted by molar-refractivity contribution is 0.178. The molecule has 0 aliphatic carbocycles. The number of imidazole rings is 1. The van der Waals surface area contributed by atoms with E-state index >= 15 is 0 Å². The first-order valence-corrected chi connectivity index (χ1v) is 4.65. The van der Waals surface area contributed by atoms with Gasteiger partial charge in [0.2, 0.25) is 0 Å². The number of benzene rings is 1. The summed E-state index contributed by atoms with van der Waals surface area (Å²) in [6.45, 7) is 0. The summed E-state index contributed by atoms with van der Waals surface area (Å²) in [5.41, 5.74) is 2.75. The summed E-state index contributed by atoms with van der Waals surface area (Å²) >= 11 is 0. The maximum absolute atomic E-state index is 5.20. The zero-order valence-electron chi connectivity index (χ0n) is 8.21. The number of pyridine rings is 1. The van der Waals surface area contributed by atoms with E-state index in [4.69, 9.17) is 4.84 Å². The number of aromatic nitrogens is 3. The predicted molar refractivity (Wildman–Crippen MR) is 57.5 cm³/mol. The van der Waals surface area contributed by atoms with E-state index in [1.807, 2.05) is 24.3 Å². The van der Waals surface area contributed by atoms with Crippen LogP contribution in [-0.4, -0.2) is 21.8 Å². The summed E-state index contributed by atoms with van der Waals surface area (Å²) in [6, 6.07) is 7.94. The van der Waals surface area contributed by atoms with Gasteiger partial charge in [0.25, 0.3) is 0 Å². The maximum atomic E-state index is 5.20. The Bertz CT molecular complexity index is 630. The van der Waals surface area contributed by atoms with Crippen LogP contribution in [-0.2, 0) is 0 Å². The van der Waals surface area contributed by atoms with E-state index < -0.39 is 0 Å². The lowest BCUT2D eigenvalue weighted by atomic mass is 10.2. The molecule has 0 aliphatic heterocycles. The van der Waals surface area contributed by atoms with Gasteiger partial charge in [-0.05, 0) is 6.07 Å². The van der Waals surface area contributed by atoms with Crippen LogP contribution in [0.1, 0.15) is 0 Å². The first-order valence-electron chi connectivity index (χ1n) is 4.65. The molecule has 3 aromatic rings. The zero-order chi connectivity index (χ0) is 10.3. The number of rotatable bonds is 1. The summed E-state index contributed by atoms with van der Waals surface area (Å²) < 4.78 is 1.65. The summed E-state index contributed by atoms with van der Waals surface area (Å²) in [7, 11) is 1.62. The third-order valence-electron chi connectivity index (χ3n) is 2.45. The van der Waals surface area contributed by atoms with Crippen LogP contribution in [0.2, 0.25) is 0 Å². The van der Waals surface area contributed by atoms with E-state index in [2.05, 4.69) is 9.97 Å². The van der Waals surface area contributed by atoms with Crippen molar-refractivity contribution in [2.45, 2.75) is 0 Å². The van der Waals surface area contributed by atoms with Crippen LogP contribution in [0, 0.1) is 0 Å². The van der Waals surface area contributed by atoms with Crippen LogP contribution >= 0.6 is 0 Å². The lowest BCUT2D eigenvalue weighted by Crippen LogP contribution is -2.03. The Morgan fingerprint density at radius 1 is 1.13 bits per heavy atom.